The van der Waals surface area contributed by atoms with Gasteiger partial charge in [-0.15, -0.1) is 0 Å². The fraction of sp³-hybridized carbons (Fsp3) is 0.750. The fourth-order valence-corrected chi connectivity index (χ4v) is 4.61. The van der Waals surface area contributed by atoms with Gasteiger partial charge in [-0.05, 0) is 70.6 Å². The zero-order valence-corrected chi connectivity index (χ0v) is 26.3. The normalized spacial score (nSPS) is 13.8. The van der Waals surface area contributed by atoms with Crippen LogP contribution in [0.1, 0.15) is 155 Å². The number of rotatable bonds is 29. The molecular formula is C36H65NO3. The molecule has 0 rings (SSSR count). The molecular weight excluding hydrogens is 494 g/mol. The Hall–Kier alpha value is -1.65. The van der Waals surface area contributed by atoms with Crippen LogP contribution in [0.15, 0.2) is 48.6 Å². The van der Waals surface area contributed by atoms with Gasteiger partial charge in [-0.3, -0.25) is 4.79 Å². The summed E-state index contributed by atoms with van der Waals surface area (Å²) in [6.07, 6.45) is 41.8. The SMILES string of the molecule is CCCCC/C=C/CC/C=C/CC/C=C/C(O)C(CO)NC(=O)CCCCCCCCC/C=C\CCCCCC. The number of hydrogen-bond donors (Lipinski definition) is 3. The van der Waals surface area contributed by atoms with E-state index in [9.17, 15) is 15.0 Å². The van der Waals surface area contributed by atoms with Crippen LogP contribution in [0.3, 0.4) is 0 Å². The molecule has 1 amide bonds. The first-order chi connectivity index (χ1) is 19.7. The van der Waals surface area contributed by atoms with E-state index < -0.39 is 12.1 Å². The van der Waals surface area contributed by atoms with Gasteiger partial charge in [-0.1, -0.05) is 127 Å². The number of aliphatic hydroxyl groups excluding tert-OH is 2. The van der Waals surface area contributed by atoms with Crippen LogP contribution in [0.25, 0.3) is 0 Å². The van der Waals surface area contributed by atoms with Crippen molar-refractivity contribution in [3.63, 3.8) is 0 Å². The second-order valence-electron chi connectivity index (χ2n) is 11.2. The molecule has 2 atom stereocenters. The summed E-state index contributed by atoms with van der Waals surface area (Å²) in [5, 5.41) is 22.8. The highest BCUT2D eigenvalue weighted by Gasteiger charge is 2.17. The van der Waals surface area contributed by atoms with E-state index in [-0.39, 0.29) is 12.5 Å². The summed E-state index contributed by atoms with van der Waals surface area (Å²) in [4.78, 5) is 12.3. The maximum Gasteiger partial charge on any atom is 0.220 e. The highest BCUT2D eigenvalue weighted by Crippen LogP contribution is 2.11. The highest BCUT2D eigenvalue weighted by atomic mass is 16.3. The molecule has 0 aliphatic carbocycles. The molecule has 0 saturated carbocycles. The van der Waals surface area contributed by atoms with Gasteiger partial charge in [0.05, 0.1) is 18.8 Å². The van der Waals surface area contributed by atoms with Crippen molar-refractivity contribution in [3.8, 4) is 0 Å². The molecule has 0 aromatic heterocycles. The van der Waals surface area contributed by atoms with Crippen LogP contribution in [0.5, 0.6) is 0 Å². The molecule has 0 aromatic carbocycles. The molecule has 2 unspecified atom stereocenters. The average Bonchev–Trinajstić information content (AvgIpc) is 2.96. The third-order valence-electron chi connectivity index (χ3n) is 7.26. The lowest BCUT2D eigenvalue weighted by Crippen LogP contribution is -2.45. The molecule has 0 heterocycles. The van der Waals surface area contributed by atoms with Crippen molar-refractivity contribution in [2.45, 2.75) is 167 Å². The minimum Gasteiger partial charge on any atom is -0.394 e. The molecule has 4 nitrogen and oxygen atoms in total. The Bertz CT molecular complexity index is 652. The lowest BCUT2D eigenvalue weighted by atomic mass is 10.1. The van der Waals surface area contributed by atoms with Gasteiger partial charge in [0.2, 0.25) is 5.91 Å². The van der Waals surface area contributed by atoms with Crippen LogP contribution in [0.2, 0.25) is 0 Å². The second-order valence-corrected chi connectivity index (χ2v) is 11.2. The zero-order valence-electron chi connectivity index (χ0n) is 26.3. The topological polar surface area (TPSA) is 69.6 Å². The number of allylic oxidation sites excluding steroid dienone is 7. The maximum atomic E-state index is 12.3. The summed E-state index contributed by atoms with van der Waals surface area (Å²) in [5.41, 5.74) is 0. The quantitative estimate of drug-likeness (QED) is 0.0631. The Balaban J connectivity index is 3.74. The van der Waals surface area contributed by atoms with Crippen molar-refractivity contribution in [1.82, 2.24) is 5.32 Å². The predicted octanol–water partition coefficient (Wildman–Crippen LogP) is 9.67. The van der Waals surface area contributed by atoms with Crippen LogP contribution in [0, 0.1) is 0 Å². The standard InChI is InChI=1S/C36H65NO3/c1-3-5-7-9-11-13-15-17-18-20-22-24-26-28-30-32-36(40)37-34(33-38)35(39)31-29-27-25-23-21-19-16-14-12-10-8-6-4-2/h12-15,21,23,29,31,34-35,38-39H,3-11,16-20,22,24-28,30,32-33H2,1-2H3,(H,37,40)/b14-12+,15-13-,23-21+,31-29+. The van der Waals surface area contributed by atoms with Gasteiger partial charge in [0.1, 0.15) is 0 Å². The van der Waals surface area contributed by atoms with Crippen molar-refractivity contribution < 1.29 is 15.0 Å². The molecule has 4 heteroatoms. The van der Waals surface area contributed by atoms with Crippen LogP contribution in [-0.2, 0) is 4.79 Å². The number of carbonyl (C=O) groups is 1. The lowest BCUT2D eigenvalue weighted by molar-refractivity contribution is -0.123. The Kier molecular flexibility index (Phi) is 30.6. The molecule has 232 valence electrons. The summed E-state index contributed by atoms with van der Waals surface area (Å²) in [6, 6.07) is -0.645. The van der Waals surface area contributed by atoms with Gasteiger partial charge in [0, 0.05) is 6.42 Å². The fourth-order valence-electron chi connectivity index (χ4n) is 4.61. The molecule has 40 heavy (non-hydrogen) atoms. The first-order valence-electron chi connectivity index (χ1n) is 16.9. The van der Waals surface area contributed by atoms with Gasteiger partial charge in [-0.2, -0.15) is 0 Å². The Labute approximate surface area is 248 Å². The molecule has 0 aromatic rings. The van der Waals surface area contributed by atoms with E-state index >= 15 is 0 Å². The minimum absolute atomic E-state index is 0.0877. The summed E-state index contributed by atoms with van der Waals surface area (Å²) >= 11 is 0. The number of amides is 1. The van der Waals surface area contributed by atoms with Crippen molar-refractivity contribution >= 4 is 5.91 Å². The van der Waals surface area contributed by atoms with Crippen molar-refractivity contribution in [1.29, 1.82) is 0 Å². The average molecular weight is 560 g/mol. The molecule has 3 N–H and O–H groups in total. The number of unbranched alkanes of at least 4 members (excludes halogenated alkanes) is 16. The third kappa shape index (κ3) is 27.9. The predicted molar refractivity (Wildman–Crippen MR) is 175 cm³/mol. The van der Waals surface area contributed by atoms with E-state index in [0.29, 0.717) is 6.42 Å². The van der Waals surface area contributed by atoms with E-state index in [4.69, 9.17) is 0 Å². The van der Waals surface area contributed by atoms with Gasteiger partial charge in [0.25, 0.3) is 0 Å². The van der Waals surface area contributed by atoms with Gasteiger partial charge in [0.15, 0.2) is 0 Å². The smallest absolute Gasteiger partial charge is 0.220 e. The van der Waals surface area contributed by atoms with Crippen LogP contribution >= 0.6 is 0 Å². The number of nitrogens with one attached hydrogen (secondary N) is 1. The Morgan fingerprint density at radius 3 is 1.50 bits per heavy atom. The Morgan fingerprint density at radius 1 is 0.575 bits per heavy atom. The molecule has 0 bridgehead atoms. The first kappa shape index (κ1) is 38.4. The van der Waals surface area contributed by atoms with Gasteiger partial charge >= 0.3 is 0 Å². The van der Waals surface area contributed by atoms with E-state index in [1.165, 1.54) is 96.3 Å². The third-order valence-corrected chi connectivity index (χ3v) is 7.26. The number of hydrogen-bond acceptors (Lipinski definition) is 3. The number of aliphatic hydroxyl groups is 2. The summed E-state index contributed by atoms with van der Waals surface area (Å²) < 4.78 is 0. The van der Waals surface area contributed by atoms with E-state index in [1.54, 1.807) is 6.08 Å². The van der Waals surface area contributed by atoms with E-state index in [2.05, 4.69) is 55.6 Å². The summed E-state index contributed by atoms with van der Waals surface area (Å²) in [6.45, 7) is 4.22. The minimum atomic E-state index is -0.869. The number of carbonyl (C=O) groups excluding carboxylic acids is 1. The van der Waals surface area contributed by atoms with Gasteiger partial charge < -0.3 is 15.5 Å². The van der Waals surface area contributed by atoms with Crippen molar-refractivity contribution in [2.75, 3.05) is 6.61 Å². The summed E-state index contributed by atoms with van der Waals surface area (Å²) in [5.74, 6) is -0.0877. The van der Waals surface area contributed by atoms with Crippen LogP contribution in [0.4, 0.5) is 0 Å². The molecule has 0 aliphatic heterocycles. The lowest BCUT2D eigenvalue weighted by Gasteiger charge is -2.19. The molecule has 0 spiro atoms. The largest absolute Gasteiger partial charge is 0.394 e. The van der Waals surface area contributed by atoms with Gasteiger partial charge in [-0.25, -0.2) is 0 Å². The van der Waals surface area contributed by atoms with Crippen LogP contribution < -0.4 is 5.32 Å². The first-order valence-corrected chi connectivity index (χ1v) is 16.9. The van der Waals surface area contributed by atoms with Crippen molar-refractivity contribution in [3.05, 3.63) is 48.6 Å². The molecule has 0 fully saturated rings. The maximum absolute atomic E-state index is 12.3. The van der Waals surface area contributed by atoms with E-state index in [0.717, 1.165) is 38.5 Å². The molecule has 0 aliphatic rings. The molecule has 0 saturated heterocycles. The zero-order chi connectivity index (χ0) is 29.4. The van der Waals surface area contributed by atoms with Crippen LogP contribution in [-0.4, -0.2) is 34.9 Å². The second kappa shape index (κ2) is 31.9. The van der Waals surface area contributed by atoms with Crippen molar-refractivity contribution in [2.24, 2.45) is 0 Å². The highest BCUT2D eigenvalue weighted by molar-refractivity contribution is 5.76. The Morgan fingerprint density at radius 2 is 0.975 bits per heavy atom. The van der Waals surface area contributed by atoms with E-state index in [1.807, 2.05) is 6.08 Å². The monoisotopic (exact) mass is 559 g/mol. The molecule has 0 radical (unpaired) electrons. The summed E-state index contributed by atoms with van der Waals surface area (Å²) in [7, 11) is 0.